The second kappa shape index (κ2) is 6.52. The molecule has 5 nitrogen and oxygen atoms in total. The van der Waals surface area contributed by atoms with E-state index >= 15 is 0 Å². The first kappa shape index (κ1) is 15.7. The fourth-order valence-electron chi connectivity index (χ4n) is 3.13. The lowest BCUT2D eigenvalue weighted by atomic mass is 9.99. The molecule has 1 saturated heterocycles. The molecule has 5 heteroatoms. The molecule has 0 bridgehead atoms. The van der Waals surface area contributed by atoms with Gasteiger partial charge in [-0.05, 0) is 37.3 Å². The van der Waals surface area contributed by atoms with E-state index in [0.717, 1.165) is 37.0 Å². The first-order chi connectivity index (χ1) is 11.1. The van der Waals surface area contributed by atoms with E-state index in [2.05, 4.69) is 11.9 Å². The van der Waals surface area contributed by atoms with Gasteiger partial charge in [0.2, 0.25) is 5.91 Å². The van der Waals surface area contributed by atoms with Crippen LogP contribution in [0.3, 0.4) is 0 Å². The van der Waals surface area contributed by atoms with Crippen LogP contribution >= 0.6 is 0 Å². The molecule has 23 heavy (non-hydrogen) atoms. The standard InChI is InChI=1S/C18H23N3O2/c1-13-6-9-20(10-7-13)16(22)8-11-21-12-19-17-14(2)4-3-5-15(17)18(21)23/h3-5,12-13H,6-11H2,1-2H3. The number of hydrogen-bond donors (Lipinski definition) is 0. The summed E-state index contributed by atoms with van der Waals surface area (Å²) in [6, 6.07) is 5.60. The Morgan fingerprint density at radius 1 is 1.30 bits per heavy atom. The molecule has 3 rings (SSSR count). The minimum Gasteiger partial charge on any atom is -0.343 e. The van der Waals surface area contributed by atoms with Gasteiger partial charge in [-0.2, -0.15) is 0 Å². The van der Waals surface area contributed by atoms with Crippen LogP contribution in [0.5, 0.6) is 0 Å². The minimum atomic E-state index is -0.0706. The predicted octanol–water partition coefficient (Wildman–Crippen LogP) is 2.35. The van der Waals surface area contributed by atoms with Crippen LogP contribution in [0.2, 0.25) is 0 Å². The Bertz CT molecular complexity index is 773. The predicted molar refractivity (Wildman–Crippen MR) is 90.3 cm³/mol. The third kappa shape index (κ3) is 3.28. The number of fused-ring (bicyclic) bond motifs is 1. The number of piperidine rings is 1. The van der Waals surface area contributed by atoms with Crippen molar-refractivity contribution >= 4 is 16.8 Å². The second-order valence-corrected chi connectivity index (χ2v) is 6.53. The Hall–Kier alpha value is -2.17. The summed E-state index contributed by atoms with van der Waals surface area (Å²) in [6.07, 6.45) is 4.06. The average Bonchev–Trinajstić information content (AvgIpc) is 2.55. The van der Waals surface area contributed by atoms with Crippen molar-refractivity contribution in [2.45, 2.75) is 39.7 Å². The molecule has 1 amide bonds. The van der Waals surface area contributed by atoms with Gasteiger partial charge in [0.05, 0.1) is 17.2 Å². The van der Waals surface area contributed by atoms with Gasteiger partial charge >= 0.3 is 0 Å². The Balaban J connectivity index is 1.71. The van der Waals surface area contributed by atoms with Gasteiger partial charge in [0.15, 0.2) is 0 Å². The number of nitrogens with zero attached hydrogens (tertiary/aromatic N) is 3. The van der Waals surface area contributed by atoms with E-state index in [-0.39, 0.29) is 11.5 Å². The molecule has 1 aliphatic heterocycles. The number of amides is 1. The Morgan fingerprint density at radius 2 is 2.04 bits per heavy atom. The van der Waals surface area contributed by atoms with E-state index in [9.17, 15) is 9.59 Å². The van der Waals surface area contributed by atoms with Crippen molar-refractivity contribution in [3.63, 3.8) is 0 Å². The van der Waals surface area contributed by atoms with Crippen molar-refractivity contribution in [1.82, 2.24) is 14.5 Å². The molecule has 0 radical (unpaired) electrons. The number of benzene rings is 1. The van der Waals surface area contributed by atoms with Gasteiger partial charge in [0.25, 0.3) is 5.56 Å². The summed E-state index contributed by atoms with van der Waals surface area (Å²) in [5.41, 5.74) is 1.66. The first-order valence-electron chi connectivity index (χ1n) is 8.29. The van der Waals surface area contributed by atoms with Crippen LogP contribution in [0, 0.1) is 12.8 Å². The SMILES string of the molecule is Cc1cccc2c(=O)n(CCC(=O)N3CCC(C)CC3)cnc12. The van der Waals surface area contributed by atoms with Gasteiger partial charge in [-0.25, -0.2) is 4.98 Å². The lowest BCUT2D eigenvalue weighted by Crippen LogP contribution is -2.38. The van der Waals surface area contributed by atoms with E-state index in [1.165, 1.54) is 0 Å². The zero-order valence-corrected chi connectivity index (χ0v) is 13.8. The summed E-state index contributed by atoms with van der Waals surface area (Å²) < 4.78 is 1.55. The zero-order valence-electron chi connectivity index (χ0n) is 13.8. The van der Waals surface area contributed by atoms with Gasteiger partial charge in [-0.3, -0.25) is 14.2 Å². The van der Waals surface area contributed by atoms with Crippen LogP contribution in [-0.2, 0) is 11.3 Å². The van der Waals surface area contributed by atoms with Gasteiger partial charge in [-0.1, -0.05) is 19.1 Å². The van der Waals surface area contributed by atoms with Crippen molar-refractivity contribution in [3.8, 4) is 0 Å². The fraction of sp³-hybridized carbons (Fsp3) is 0.500. The number of hydrogen-bond acceptors (Lipinski definition) is 3. The highest BCUT2D eigenvalue weighted by atomic mass is 16.2. The number of aromatic nitrogens is 2. The number of likely N-dealkylation sites (tertiary alicyclic amines) is 1. The van der Waals surface area contributed by atoms with E-state index in [1.807, 2.05) is 24.0 Å². The van der Waals surface area contributed by atoms with Crippen LogP contribution in [0.25, 0.3) is 10.9 Å². The number of carbonyl (C=O) groups excluding carboxylic acids is 1. The summed E-state index contributed by atoms with van der Waals surface area (Å²) in [5, 5.41) is 0.617. The highest BCUT2D eigenvalue weighted by Crippen LogP contribution is 2.17. The van der Waals surface area contributed by atoms with E-state index < -0.39 is 0 Å². The molecule has 1 aliphatic rings. The lowest BCUT2D eigenvalue weighted by molar-refractivity contribution is -0.132. The average molecular weight is 313 g/mol. The molecule has 0 N–H and O–H groups in total. The molecule has 2 heterocycles. The number of para-hydroxylation sites is 1. The molecule has 0 spiro atoms. The third-order valence-corrected chi connectivity index (χ3v) is 4.76. The first-order valence-corrected chi connectivity index (χ1v) is 8.29. The lowest BCUT2D eigenvalue weighted by Gasteiger charge is -2.30. The van der Waals surface area contributed by atoms with Gasteiger partial charge in [0, 0.05) is 26.1 Å². The maximum atomic E-state index is 12.5. The van der Waals surface area contributed by atoms with Crippen LogP contribution < -0.4 is 5.56 Å². The smallest absolute Gasteiger partial charge is 0.261 e. The number of aryl methyl sites for hydroxylation is 2. The summed E-state index contributed by atoms with van der Waals surface area (Å²) >= 11 is 0. The van der Waals surface area contributed by atoms with Crippen LogP contribution in [0.15, 0.2) is 29.3 Å². The van der Waals surface area contributed by atoms with Crippen molar-refractivity contribution in [2.75, 3.05) is 13.1 Å². The molecule has 1 aromatic carbocycles. The highest BCUT2D eigenvalue weighted by molar-refractivity contribution is 5.80. The Labute approximate surface area is 135 Å². The molecule has 122 valence electrons. The third-order valence-electron chi connectivity index (χ3n) is 4.76. The quantitative estimate of drug-likeness (QED) is 0.874. The Morgan fingerprint density at radius 3 is 2.78 bits per heavy atom. The largest absolute Gasteiger partial charge is 0.343 e. The molecule has 2 aromatic rings. The van der Waals surface area contributed by atoms with E-state index in [0.29, 0.717) is 24.3 Å². The molecule has 0 atom stereocenters. The maximum Gasteiger partial charge on any atom is 0.261 e. The minimum absolute atomic E-state index is 0.0706. The fourth-order valence-corrected chi connectivity index (χ4v) is 3.13. The zero-order chi connectivity index (χ0) is 16.4. The summed E-state index contributed by atoms with van der Waals surface area (Å²) in [5.74, 6) is 0.836. The van der Waals surface area contributed by atoms with E-state index in [4.69, 9.17) is 0 Å². The molecule has 0 unspecified atom stereocenters. The van der Waals surface area contributed by atoms with Gasteiger partial charge in [0.1, 0.15) is 0 Å². The van der Waals surface area contributed by atoms with Gasteiger partial charge < -0.3 is 4.90 Å². The summed E-state index contributed by atoms with van der Waals surface area (Å²) in [7, 11) is 0. The Kier molecular flexibility index (Phi) is 4.46. The molecule has 0 aliphatic carbocycles. The monoisotopic (exact) mass is 313 g/mol. The second-order valence-electron chi connectivity index (χ2n) is 6.53. The molecule has 1 aromatic heterocycles. The van der Waals surface area contributed by atoms with Gasteiger partial charge in [-0.15, -0.1) is 0 Å². The maximum absolute atomic E-state index is 12.5. The molecular weight excluding hydrogens is 290 g/mol. The summed E-state index contributed by atoms with van der Waals surface area (Å²) in [6.45, 7) is 6.23. The van der Waals surface area contributed by atoms with Crippen molar-refractivity contribution in [2.24, 2.45) is 5.92 Å². The summed E-state index contributed by atoms with van der Waals surface area (Å²) in [4.78, 5) is 31.1. The van der Waals surface area contributed by atoms with Crippen molar-refractivity contribution in [3.05, 3.63) is 40.4 Å². The molecule has 1 fully saturated rings. The molecule has 0 saturated carbocycles. The van der Waals surface area contributed by atoms with Crippen molar-refractivity contribution in [1.29, 1.82) is 0 Å². The molecular formula is C18H23N3O2. The highest BCUT2D eigenvalue weighted by Gasteiger charge is 2.20. The van der Waals surface area contributed by atoms with Crippen LogP contribution in [0.4, 0.5) is 0 Å². The van der Waals surface area contributed by atoms with Crippen LogP contribution in [0.1, 0.15) is 31.7 Å². The normalized spacial score (nSPS) is 16.0. The number of carbonyl (C=O) groups is 1. The van der Waals surface area contributed by atoms with Crippen LogP contribution in [-0.4, -0.2) is 33.4 Å². The van der Waals surface area contributed by atoms with Crippen molar-refractivity contribution < 1.29 is 4.79 Å². The number of rotatable bonds is 3. The van der Waals surface area contributed by atoms with E-state index in [1.54, 1.807) is 17.0 Å². The topological polar surface area (TPSA) is 55.2 Å².